The molecule has 0 aromatic heterocycles. The Morgan fingerprint density at radius 1 is 1.06 bits per heavy atom. The number of anilines is 1. The topological polar surface area (TPSA) is 87.7 Å². The number of hydrogen-bond donors (Lipinski definition) is 3. The summed E-state index contributed by atoms with van der Waals surface area (Å²) in [7, 11) is 0. The summed E-state index contributed by atoms with van der Waals surface area (Å²) in [5.74, 6) is 1.19. The number of carbonyl (C=O) groups is 3. The molecule has 2 aromatic carbocycles. The Hall–Kier alpha value is -3.88. The first-order valence-electron chi connectivity index (χ1n) is 11.3. The van der Waals surface area contributed by atoms with Gasteiger partial charge in [-0.3, -0.25) is 14.5 Å². The van der Waals surface area contributed by atoms with Gasteiger partial charge in [0.2, 0.25) is 0 Å². The van der Waals surface area contributed by atoms with Gasteiger partial charge in [-0.05, 0) is 51.8 Å². The van der Waals surface area contributed by atoms with Crippen LogP contribution in [0.4, 0.5) is 10.5 Å². The molecule has 0 aliphatic carbocycles. The van der Waals surface area contributed by atoms with E-state index >= 15 is 0 Å². The van der Waals surface area contributed by atoms with Gasteiger partial charge in [0.1, 0.15) is 11.6 Å². The summed E-state index contributed by atoms with van der Waals surface area (Å²) < 4.78 is 5.26. The lowest BCUT2D eigenvalue weighted by atomic mass is 9.97. The van der Waals surface area contributed by atoms with Gasteiger partial charge in [0.05, 0.1) is 0 Å². The van der Waals surface area contributed by atoms with E-state index < -0.39 is 35.6 Å². The number of benzene rings is 2. The Morgan fingerprint density at radius 3 is 2.19 bits per heavy atom. The van der Waals surface area contributed by atoms with Crippen molar-refractivity contribution in [3.63, 3.8) is 0 Å². The van der Waals surface area contributed by atoms with E-state index in [1.807, 2.05) is 32.0 Å². The van der Waals surface area contributed by atoms with Crippen molar-refractivity contribution in [2.24, 2.45) is 0 Å². The third kappa shape index (κ3) is 7.07. The Morgan fingerprint density at radius 2 is 1.67 bits per heavy atom. The molecule has 0 aliphatic heterocycles. The van der Waals surface area contributed by atoms with Crippen LogP contribution in [0.5, 0.6) is 0 Å². The van der Waals surface area contributed by atoms with Gasteiger partial charge in [-0.2, -0.15) is 12.6 Å². The first kappa shape index (κ1) is 28.4. The van der Waals surface area contributed by atoms with E-state index in [4.69, 9.17) is 17.6 Å². The summed E-state index contributed by atoms with van der Waals surface area (Å²) in [6, 6.07) is 12.2. The number of thiol groups is 1. The smallest absolute Gasteiger partial charge is 0.408 e. The number of para-hydroxylation sites is 1. The van der Waals surface area contributed by atoms with Gasteiger partial charge in [0.15, 0.2) is 6.04 Å². The van der Waals surface area contributed by atoms with Crippen LogP contribution in [0.3, 0.4) is 0 Å². The minimum absolute atomic E-state index is 0.0850. The quantitative estimate of drug-likeness (QED) is 0.299. The predicted molar refractivity (Wildman–Crippen MR) is 144 cm³/mol. The number of nitrogens with one attached hydrogen (secondary N) is 2. The van der Waals surface area contributed by atoms with Crippen molar-refractivity contribution < 1.29 is 19.1 Å². The predicted octanol–water partition coefficient (Wildman–Crippen LogP) is 4.21. The second-order valence-corrected chi connectivity index (χ2v) is 9.47. The maximum Gasteiger partial charge on any atom is 0.408 e. The highest BCUT2D eigenvalue weighted by atomic mass is 32.1. The van der Waals surface area contributed by atoms with Crippen molar-refractivity contribution in [3.05, 3.63) is 64.7 Å². The molecule has 0 saturated heterocycles. The van der Waals surface area contributed by atoms with Gasteiger partial charge >= 0.3 is 6.09 Å². The van der Waals surface area contributed by atoms with Crippen LogP contribution in [-0.4, -0.2) is 40.2 Å². The lowest BCUT2D eigenvalue weighted by Crippen LogP contribution is -2.51. The molecule has 0 fully saturated rings. The summed E-state index contributed by atoms with van der Waals surface area (Å²) in [5.41, 5.74) is 2.27. The van der Waals surface area contributed by atoms with E-state index in [0.717, 1.165) is 16.0 Å². The van der Waals surface area contributed by atoms with Crippen molar-refractivity contribution >= 4 is 36.2 Å². The van der Waals surface area contributed by atoms with Crippen molar-refractivity contribution in [3.8, 4) is 24.8 Å². The number of nitrogens with zero attached hydrogens (tertiary/aromatic N) is 1. The monoisotopic (exact) mass is 505 g/mol. The molecule has 0 spiro atoms. The second-order valence-electron chi connectivity index (χ2n) is 9.11. The van der Waals surface area contributed by atoms with Crippen molar-refractivity contribution in [2.45, 2.75) is 52.3 Å². The molecule has 0 radical (unpaired) electrons. The molecule has 2 aromatic rings. The Bertz CT molecular complexity index is 1200. The Labute approximate surface area is 218 Å². The van der Waals surface area contributed by atoms with Crippen LogP contribution in [-0.2, 0) is 14.3 Å². The number of hydrogen-bond acceptors (Lipinski definition) is 5. The summed E-state index contributed by atoms with van der Waals surface area (Å²) in [5, 5.41) is 5.38. The first-order chi connectivity index (χ1) is 16.9. The number of aryl methyl sites for hydroxylation is 2. The molecule has 188 valence electrons. The van der Waals surface area contributed by atoms with Crippen LogP contribution >= 0.6 is 12.6 Å². The maximum absolute atomic E-state index is 13.7. The molecule has 8 heteroatoms. The van der Waals surface area contributed by atoms with E-state index in [1.54, 1.807) is 45.0 Å². The number of carbonyl (C=O) groups excluding carboxylic acids is 3. The van der Waals surface area contributed by atoms with Crippen LogP contribution in [0, 0.1) is 38.7 Å². The molecule has 0 heterocycles. The third-order valence-electron chi connectivity index (χ3n) is 5.19. The van der Waals surface area contributed by atoms with Gasteiger partial charge in [0, 0.05) is 28.6 Å². The van der Waals surface area contributed by atoms with E-state index in [1.165, 1.54) is 0 Å². The molecule has 2 N–H and O–H groups in total. The lowest BCUT2D eigenvalue weighted by molar-refractivity contribution is -0.136. The third-order valence-corrected chi connectivity index (χ3v) is 5.56. The largest absolute Gasteiger partial charge is 0.444 e. The molecular formula is C28H31N3O4S. The minimum atomic E-state index is -1.28. The highest BCUT2D eigenvalue weighted by Crippen LogP contribution is 2.28. The van der Waals surface area contributed by atoms with Crippen LogP contribution in [0.25, 0.3) is 0 Å². The number of alkyl carbamates (subject to hydrolysis) is 1. The van der Waals surface area contributed by atoms with Crippen molar-refractivity contribution in [1.29, 1.82) is 0 Å². The van der Waals surface area contributed by atoms with Crippen LogP contribution in [0.1, 0.15) is 49.1 Å². The minimum Gasteiger partial charge on any atom is -0.444 e. The van der Waals surface area contributed by atoms with Crippen LogP contribution < -0.4 is 10.6 Å². The Balaban J connectivity index is 2.52. The lowest BCUT2D eigenvalue weighted by Gasteiger charge is -2.30. The summed E-state index contributed by atoms with van der Waals surface area (Å²) in [6.45, 7) is 8.81. The average molecular weight is 506 g/mol. The van der Waals surface area contributed by atoms with E-state index in [0.29, 0.717) is 16.8 Å². The molecule has 3 amide bonds. The molecule has 2 unspecified atom stereocenters. The van der Waals surface area contributed by atoms with Gasteiger partial charge < -0.3 is 15.4 Å². The van der Waals surface area contributed by atoms with Crippen molar-refractivity contribution in [2.75, 3.05) is 11.1 Å². The molecule has 7 nitrogen and oxygen atoms in total. The molecule has 2 atom stereocenters. The fourth-order valence-electron chi connectivity index (χ4n) is 3.54. The van der Waals surface area contributed by atoms with Gasteiger partial charge in [-0.1, -0.05) is 48.7 Å². The normalized spacial score (nSPS) is 12.3. The highest BCUT2D eigenvalue weighted by molar-refractivity contribution is 7.80. The number of terminal acetylenes is 2. The summed E-state index contributed by atoms with van der Waals surface area (Å²) >= 11 is 4.21. The zero-order chi connectivity index (χ0) is 27.0. The average Bonchev–Trinajstić information content (AvgIpc) is 2.81. The molecular weight excluding hydrogens is 474 g/mol. The van der Waals surface area contributed by atoms with Crippen molar-refractivity contribution in [1.82, 2.24) is 10.2 Å². The number of amides is 3. The standard InChI is InChI=1S/C28H31N3O4S/c1-8-20-15-10-11-16-21(20)24(25(32)30-23-18(3)13-12-14-19(23)4)31(9-2)26(33)22(17-36)29-27(34)35-28(5,6)7/h1-2,10-16,22,24,36H,17H2,3-7H3,(H,29,34)(H,30,32). The zero-order valence-electron chi connectivity index (χ0n) is 21.1. The number of ether oxygens (including phenoxy) is 1. The molecule has 0 saturated carbocycles. The Kier molecular flexibility index (Phi) is 9.60. The van der Waals surface area contributed by atoms with E-state index in [2.05, 4.69) is 35.2 Å². The SMILES string of the molecule is C#Cc1ccccc1C(C(=O)Nc1c(C)cccc1C)N(C#C)C(=O)C(CS)NC(=O)OC(C)(C)C. The molecule has 0 bridgehead atoms. The molecule has 2 rings (SSSR count). The van der Waals surface area contributed by atoms with Gasteiger partial charge in [-0.15, -0.1) is 6.42 Å². The fourth-order valence-corrected chi connectivity index (χ4v) is 3.78. The second kappa shape index (κ2) is 12.2. The van der Waals surface area contributed by atoms with E-state index in [9.17, 15) is 14.4 Å². The first-order valence-corrected chi connectivity index (χ1v) is 11.9. The summed E-state index contributed by atoms with van der Waals surface area (Å²) in [6.07, 6.45) is 10.7. The zero-order valence-corrected chi connectivity index (χ0v) is 22.0. The highest BCUT2D eigenvalue weighted by Gasteiger charge is 2.36. The molecule has 36 heavy (non-hydrogen) atoms. The van der Waals surface area contributed by atoms with Gasteiger partial charge in [-0.25, -0.2) is 4.79 Å². The van der Waals surface area contributed by atoms with Crippen LogP contribution in [0.15, 0.2) is 42.5 Å². The molecule has 0 aliphatic rings. The van der Waals surface area contributed by atoms with Crippen LogP contribution in [0.2, 0.25) is 0 Å². The fraction of sp³-hybridized carbons (Fsp3) is 0.321. The summed E-state index contributed by atoms with van der Waals surface area (Å²) in [4.78, 5) is 40.5. The maximum atomic E-state index is 13.7. The van der Waals surface area contributed by atoms with E-state index in [-0.39, 0.29) is 5.75 Å². The van der Waals surface area contributed by atoms with Gasteiger partial charge in [0.25, 0.3) is 11.8 Å². The number of rotatable bonds is 7.